The predicted molar refractivity (Wildman–Crippen MR) is 59.8 cm³/mol. The normalized spacial score (nSPS) is 13.5. The van der Waals surface area contributed by atoms with Gasteiger partial charge in [-0.2, -0.15) is 0 Å². The van der Waals surface area contributed by atoms with Gasteiger partial charge in [0.1, 0.15) is 0 Å². The maximum atomic E-state index is 11.6. The zero-order valence-electron chi connectivity index (χ0n) is 8.29. The molecule has 2 aromatic carbocycles. The number of hydrazine groups is 1. The first-order valence-electron chi connectivity index (χ1n) is 4.86. The lowest BCUT2D eigenvalue weighted by molar-refractivity contribution is 0.0962. The summed E-state index contributed by atoms with van der Waals surface area (Å²) >= 11 is 0. The summed E-state index contributed by atoms with van der Waals surface area (Å²) in [7, 11) is 0. The first kappa shape index (κ1) is 8.29. The van der Waals surface area contributed by atoms with Gasteiger partial charge in [-0.25, -0.2) is 0 Å². The third-order valence-corrected chi connectivity index (χ3v) is 2.81. The van der Waals surface area contributed by atoms with Crippen LogP contribution in [0.1, 0.15) is 15.9 Å². The van der Waals surface area contributed by atoms with E-state index in [4.69, 9.17) is 0 Å². The molecule has 1 amide bonds. The number of anilines is 1. The van der Waals surface area contributed by atoms with Crippen LogP contribution in [0.15, 0.2) is 30.3 Å². The molecule has 0 radical (unpaired) electrons. The van der Waals surface area contributed by atoms with E-state index in [1.807, 2.05) is 30.3 Å². The molecule has 0 aliphatic carbocycles. The summed E-state index contributed by atoms with van der Waals surface area (Å²) in [5, 5.41) is 2.15. The molecule has 2 aromatic rings. The summed E-state index contributed by atoms with van der Waals surface area (Å²) in [6.45, 7) is 2.05. The van der Waals surface area contributed by atoms with Gasteiger partial charge in [0.25, 0.3) is 5.91 Å². The quantitative estimate of drug-likeness (QED) is 0.681. The molecule has 0 aromatic heterocycles. The monoisotopic (exact) mass is 198 g/mol. The Balaban J connectivity index is 2.53. The minimum absolute atomic E-state index is 0.0706. The van der Waals surface area contributed by atoms with Crippen molar-refractivity contribution in [1.29, 1.82) is 0 Å². The van der Waals surface area contributed by atoms with Crippen LogP contribution < -0.4 is 10.9 Å². The van der Waals surface area contributed by atoms with E-state index < -0.39 is 0 Å². The Morgan fingerprint density at radius 1 is 1.07 bits per heavy atom. The van der Waals surface area contributed by atoms with Crippen LogP contribution in [-0.4, -0.2) is 5.91 Å². The van der Waals surface area contributed by atoms with Gasteiger partial charge in [0.05, 0.1) is 11.3 Å². The van der Waals surface area contributed by atoms with E-state index >= 15 is 0 Å². The number of carbonyl (C=O) groups is 1. The van der Waals surface area contributed by atoms with Crippen molar-refractivity contribution < 1.29 is 4.79 Å². The first-order valence-corrected chi connectivity index (χ1v) is 4.86. The topological polar surface area (TPSA) is 41.1 Å². The third kappa shape index (κ3) is 1.03. The fourth-order valence-corrected chi connectivity index (χ4v) is 2.04. The van der Waals surface area contributed by atoms with Crippen LogP contribution in [0.2, 0.25) is 0 Å². The van der Waals surface area contributed by atoms with E-state index in [1.165, 1.54) is 5.56 Å². The van der Waals surface area contributed by atoms with Gasteiger partial charge in [-0.1, -0.05) is 18.2 Å². The molecule has 0 spiro atoms. The minimum Gasteiger partial charge on any atom is -0.298 e. The number of benzene rings is 2. The fraction of sp³-hybridized carbons (Fsp3) is 0.0833. The Labute approximate surface area is 87.1 Å². The Kier molecular flexibility index (Phi) is 1.51. The molecule has 0 fully saturated rings. The average Bonchev–Trinajstić information content (AvgIpc) is 2.27. The van der Waals surface area contributed by atoms with Crippen LogP contribution >= 0.6 is 0 Å². The number of nitrogens with one attached hydrogen (secondary N) is 2. The van der Waals surface area contributed by atoms with Crippen molar-refractivity contribution >= 4 is 22.4 Å². The lowest BCUT2D eigenvalue weighted by Crippen LogP contribution is -2.33. The highest BCUT2D eigenvalue weighted by molar-refractivity contribution is 6.15. The highest BCUT2D eigenvalue weighted by Crippen LogP contribution is 2.31. The molecule has 0 saturated heterocycles. The number of hydrogen-bond donors (Lipinski definition) is 2. The van der Waals surface area contributed by atoms with Crippen molar-refractivity contribution in [2.24, 2.45) is 0 Å². The molecule has 3 rings (SSSR count). The first-order chi connectivity index (χ1) is 7.27. The van der Waals surface area contributed by atoms with Gasteiger partial charge >= 0.3 is 0 Å². The minimum atomic E-state index is -0.0706. The summed E-state index contributed by atoms with van der Waals surface area (Å²) in [5.41, 5.74) is 8.42. The van der Waals surface area contributed by atoms with E-state index in [9.17, 15) is 4.79 Å². The summed E-state index contributed by atoms with van der Waals surface area (Å²) in [6.07, 6.45) is 0. The Bertz CT molecular complexity index is 575. The summed E-state index contributed by atoms with van der Waals surface area (Å²) in [5.74, 6) is -0.0706. The summed E-state index contributed by atoms with van der Waals surface area (Å²) < 4.78 is 0. The van der Waals surface area contributed by atoms with Gasteiger partial charge < -0.3 is 0 Å². The SMILES string of the molecule is Cc1ccc2c3c(cccc13)C(=O)NN2. The second kappa shape index (κ2) is 2.73. The summed E-state index contributed by atoms with van der Waals surface area (Å²) in [6, 6.07) is 9.84. The second-order valence-electron chi connectivity index (χ2n) is 3.74. The van der Waals surface area contributed by atoms with Crippen LogP contribution in [-0.2, 0) is 0 Å². The van der Waals surface area contributed by atoms with Crippen molar-refractivity contribution in [3.8, 4) is 0 Å². The standard InChI is InChI=1S/C12H10N2O/c1-7-5-6-10-11-8(7)3-2-4-9(11)12(15)14-13-10/h2-6,13H,1H3,(H,14,15). The zero-order chi connectivity index (χ0) is 10.4. The molecule has 1 aliphatic rings. The van der Waals surface area contributed by atoms with Gasteiger partial charge in [0.15, 0.2) is 0 Å². The van der Waals surface area contributed by atoms with E-state index in [1.54, 1.807) is 0 Å². The van der Waals surface area contributed by atoms with E-state index in [0.717, 1.165) is 22.0 Å². The van der Waals surface area contributed by atoms with Crippen molar-refractivity contribution in [3.63, 3.8) is 0 Å². The van der Waals surface area contributed by atoms with Gasteiger partial charge in [0, 0.05) is 5.39 Å². The fourth-order valence-electron chi connectivity index (χ4n) is 2.04. The molecule has 0 atom stereocenters. The van der Waals surface area contributed by atoms with Crippen molar-refractivity contribution in [3.05, 3.63) is 41.5 Å². The smallest absolute Gasteiger partial charge is 0.270 e. The van der Waals surface area contributed by atoms with Gasteiger partial charge in [-0.05, 0) is 30.0 Å². The Morgan fingerprint density at radius 2 is 1.93 bits per heavy atom. The highest BCUT2D eigenvalue weighted by atomic mass is 16.2. The molecule has 0 saturated carbocycles. The molecule has 2 N–H and O–H groups in total. The molecule has 1 aliphatic heterocycles. The summed E-state index contributed by atoms with van der Waals surface area (Å²) in [4.78, 5) is 11.6. The van der Waals surface area contributed by atoms with Crippen LogP contribution in [0.25, 0.3) is 10.8 Å². The number of aryl methyl sites for hydroxylation is 1. The maximum Gasteiger partial charge on any atom is 0.270 e. The molecule has 15 heavy (non-hydrogen) atoms. The van der Waals surface area contributed by atoms with Crippen LogP contribution in [0.5, 0.6) is 0 Å². The average molecular weight is 198 g/mol. The zero-order valence-corrected chi connectivity index (χ0v) is 8.29. The van der Waals surface area contributed by atoms with Gasteiger partial charge in [-0.15, -0.1) is 0 Å². The van der Waals surface area contributed by atoms with Crippen molar-refractivity contribution in [1.82, 2.24) is 5.43 Å². The lowest BCUT2D eigenvalue weighted by atomic mass is 9.98. The molecular weight excluding hydrogens is 188 g/mol. The van der Waals surface area contributed by atoms with Crippen LogP contribution in [0.3, 0.4) is 0 Å². The van der Waals surface area contributed by atoms with E-state index in [-0.39, 0.29) is 5.91 Å². The number of rotatable bonds is 0. The van der Waals surface area contributed by atoms with E-state index in [0.29, 0.717) is 0 Å². The lowest BCUT2D eigenvalue weighted by Gasteiger charge is -2.20. The molecule has 0 bridgehead atoms. The predicted octanol–water partition coefficient (Wildman–Crippen LogP) is 2.22. The molecule has 0 unspecified atom stereocenters. The maximum absolute atomic E-state index is 11.6. The van der Waals surface area contributed by atoms with Gasteiger partial charge in [-0.3, -0.25) is 15.6 Å². The van der Waals surface area contributed by atoms with E-state index in [2.05, 4.69) is 17.8 Å². The Hall–Kier alpha value is -2.03. The van der Waals surface area contributed by atoms with Gasteiger partial charge in [0.2, 0.25) is 0 Å². The molecule has 3 heteroatoms. The van der Waals surface area contributed by atoms with Crippen molar-refractivity contribution in [2.75, 3.05) is 5.43 Å². The van der Waals surface area contributed by atoms with Crippen LogP contribution in [0, 0.1) is 6.92 Å². The Morgan fingerprint density at radius 3 is 2.80 bits per heavy atom. The number of hydrogen-bond acceptors (Lipinski definition) is 2. The highest BCUT2D eigenvalue weighted by Gasteiger charge is 2.18. The molecule has 3 nitrogen and oxygen atoms in total. The number of amides is 1. The van der Waals surface area contributed by atoms with Crippen LogP contribution in [0.4, 0.5) is 5.69 Å². The molecule has 74 valence electrons. The molecular formula is C12H10N2O. The second-order valence-corrected chi connectivity index (χ2v) is 3.74. The molecule has 1 heterocycles. The third-order valence-electron chi connectivity index (χ3n) is 2.81. The van der Waals surface area contributed by atoms with Crippen molar-refractivity contribution in [2.45, 2.75) is 6.92 Å². The largest absolute Gasteiger partial charge is 0.298 e. The number of carbonyl (C=O) groups excluding carboxylic acids is 1.